The first-order valence-electron chi connectivity index (χ1n) is 7.69. The highest BCUT2D eigenvalue weighted by Gasteiger charge is 2.62. The molecule has 0 radical (unpaired) electrons. The Morgan fingerprint density at radius 1 is 1.55 bits per heavy atom. The smallest absolute Gasteiger partial charge is 0.307 e. The van der Waals surface area contributed by atoms with Crippen LogP contribution in [0.2, 0.25) is 0 Å². The van der Waals surface area contributed by atoms with E-state index >= 15 is 0 Å². The van der Waals surface area contributed by atoms with Gasteiger partial charge in [-0.15, -0.1) is 0 Å². The van der Waals surface area contributed by atoms with Crippen LogP contribution >= 0.6 is 0 Å². The molecule has 0 aromatic carbocycles. The zero-order valence-electron chi connectivity index (χ0n) is 12.5. The van der Waals surface area contributed by atoms with Crippen molar-refractivity contribution in [2.75, 3.05) is 0 Å². The fourth-order valence-electron chi connectivity index (χ4n) is 3.66. The topological polar surface area (TPSA) is 46.5 Å². The molecule has 1 aliphatic carbocycles. The monoisotopic (exact) mass is 284 g/mol. The standard InChI is InChI=1S/C16H25FO3/c1-3-4-6-12(17)7-8-13(18)16-10-5-9-15(16,2)20-14(19)11-16/h8,12,18H,3-7,9-11H2,1-2H3/t12-,15-,16+/m1/s1. The first kappa shape index (κ1) is 15.3. The highest BCUT2D eigenvalue weighted by molar-refractivity contribution is 5.75. The van der Waals surface area contributed by atoms with Gasteiger partial charge in [0, 0.05) is 6.42 Å². The Labute approximate surface area is 120 Å². The second-order valence-electron chi connectivity index (χ2n) is 6.38. The van der Waals surface area contributed by atoms with E-state index in [0.717, 1.165) is 32.1 Å². The Hall–Kier alpha value is -1.06. The average molecular weight is 284 g/mol. The van der Waals surface area contributed by atoms with E-state index < -0.39 is 17.2 Å². The summed E-state index contributed by atoms with van der Waals surface area (Å²) in [5.74, 6) is -0.0996. The van der Waals surface area contributed by atoms with E-state index in [4.69, 9.17) is 4.74 Å². The molecule has 1 saturated heterocycles. The van der Waals surface area contributed by atoms with Gasteiger partial charge in [0.1, 0.15) is 11.8 Å². The van der Waals surface area contributed by atoms with Gasteiger partial charge in [-0.05, 0) is 38.7 Å². The van der Waals surface area contributed by atoms with E-state index in [0.29, 0.717) is 6.42 Å². The molecular formula is C16H25FO3. The summed E-state index contributed by atoms with van der Waals surface area (Å²) in [6.45, 7) is 3.92. The van der Waals surface area contributed by atoms with Gasteiger partial charge in [0.05, 0.1) is 17.6 Å². The second kappa shape index (κ2) is 5.74. The number of aliphatic hydroxyl groups excluding tert-OH is 1. The number of esters is 1. The first-order chi connectivity index (χ1) is 9.43. The third-order valence-electron chi connectivity index (χ3n) is 4.98. The summed E-state index contributed by atoms with van der Waals surface area (Å²) in [6.07, 6.45) is 5.90. The minimum atomic E-state index is -0.917. The summed E-state index contributed by atoms with van der Waals surface area (Å²) in [5.41, 5.74) is -1.23. The molecule has 2 fully saturated rings. The number of carbonyl (C=O) groups is 1. The summed E-state index contributed by atoms with van der Waals surface area (Å²) < 4.78 is 19.1. The molecule has 2 rings (SSSR count). The maximum atomic E-state index is 13.7. The minimum absolute atomic E-state index is 0.155. The third kappa shape index (κ3) is 2.57. The number of fused-ring (bicyclic) bond motifs is 1. The molecule has 0 aromatic heterocycles. The van der Waals surface area contributed by atoms with E-state index in [-0.39, 0.29) is 24.6 Å². The third-order valence-corrected chi connectivity index (χ3v) is 4.98. The van der Waals surface area contributed by atoms with Crippen molar-refractivity contribution in [2.24, 2.45) is 5.41 Å². The van der Waals surface area contributed by atoms with Gasteiger partial charge >= 0.3 is 5.97 Å². The Balaban J connectivity index is 2.07. The molecule has 3 nitrogen and oxygen atoms in total. The Kier molecular flexibility index (Phi) is 4.40. The molecule has 0 aromatic rings. The van der Waals surface area contributed by atoms with Crippen molar-refractivity contribution in [2.45, 2.75) is 77.0 Å². The van der Waals surface area contributed by atoms with Crippen LogP contribution in [-0.2, 0) is 9.53 Å². The normalized spacial score (nSPS) is 35.0. The Bertz CT molecular complexity index is 407. The predicted octanol–water partition coefficient (Wildman–Crippen LogP) is 4.22. The Morgan fingerprint density at radius 2 is 2.30 bits per heavy atom. The fourth-order valence-corrected chi connectivity index (χ4v) is 3.66. The van der Waals surface area contributed by atoms with Crippen LogP contribution in [0.25, 0.3) is 0 Å². The van der Waals surface area contributed by atoms with E-state index in [9.17, 15) is 14.3 Å². The van der Waals surface area contributed by atoms with Gasteiger partial charge in [0.25, 0.3) is 0 Å². The molecule has 1 heterocycles. The van der Waals surface area contributed by atoms with Crippen LogP contribution in [0.4, 0.5) is 4.39 Å². The molecule has 20 heavy (non-hydrogen) atoms. The predicted molar refractivity (Wildman–Crippen MR) is 75.1 cm³/mol. The molecule has 114 valence electrons. The molecule has 2 aliphatic rings. The van der Waals surface area contributed by atoms with Crippen LogP contribution in [0.3, 0.4) is 0 Å². The van der Waals surface area contributed by atoms with Crippen molar-refractivity contribution >= 4 is 5.97 Å². The van der Waals surface area contributed by atoms with Crippen molar-refractivity contribution in [1.82, 2.24) is 0 Å². The highest BCUT2D eigenvalue weighted by atomic mass is 19.1. The number of hydrogen-bond acceptors (Lipinski definition) is 3. The van der Waals surface area contributed by atoms with Crippen molar-refractivity contribution in [1.29, 1.82) is 0 Å². The molecule has 1 aliphatic heterocycles. The minimum Gasteiger partial charge on any atom is -0.512 e. The SMILES string of the molecule is CCCC[C@@H](F)CC=C(O)[C@@]12CCC[C@@]1(C)OC(=O)C2. The highest BCUT2D eigenvalue weighted by Crippen LogP contribution is 2.58. The van der Waals surface area contributed by atoms with Crippen molar-refractivity contribution in [3.63, 3.8) is 0 Å². The lowest BCUT2D eigenvalue weighted by atomic mass is 9.73. The van der Waals surface area contributed by atoms with Crippen LogP contribution in [0.1, 0.15) is 65.2 Å². The average Bonchev–Trinajstić information content (AvgIpc) is 2.82. The summed E-state index contributed by atoms with van der Waals surface area (Å²) in [6, 6.07) is 0. The lowest BCUT2D eigenvalue weighted by Crippen LogP contribution is -2.39. The largest absolute Gasteiger partial charge is 0.512 e. The molecule has 0 amide bonds. The fraction of sp³-hybridized carbons (Fsp3) is 0.812. The number of aliphatic hydroxyl groups is 1. The number of halogens is 1. The zero-order chi connectivity index (χ0) is 14.8. The van der Waals surface area contributed by atoms with Gasteiger partial charge in [-0.25, -0.2) is 4.39 Å². The molecule has 0 spiro atoms. The number of alkyl halides is 1. The van der Waals surface area contributed by atoms with Gasteiger partial charge in [-0.3, -0.25) is 4.79 Å². The van der Waals surface area contributed by atoms with E-state index in [1.807, 2.05) is 13.8 Å². The van der Waals surface area contributed by atoms with Gasteiger partial charge in [-0.1, -0.05) is 19.8 Å². The van der Waals surface area contributed by atoms with Crippen molar-refractivity contribution in [3.05, 3.63) is 11.8 Å². The number of rotatable bonds is 6. The molecule has 1 N–H and O–H groups in total. The maximum Gasteiger partial charge on any atom is 0.307 e. The number of carbonyl (C=O) groups excluding carboxylic acids is 1. The molecule has 0 bridgehead atoms. The zero-order valence-corrected chi connectivity index (χ0v) is 12.5. The molecule has 0 unspecified atom stereocenters. The molecular weight excluding hydrogens is 259 g/mol. The van der Waals surface area contributed by atoms with Gasteiger partial charge in [0.15, 0.2) is 0 Å². The lowest BCUT2D eigenvalue weighted by molar-refractivity contribution is -0.148. The summed E-state index contributed by atoms with van der Waals surface area (Å²) >= 11 is 0. The number of ether oxygens (including phenoxy) is 1. The van der Waals surface area contributed by atoms with Crippen LogP contribution in [0, 0.1) is 5.41 Å². The van der Waals surface area contributed by atoms with Crippen LogP contribution in [-0.4, -0.2) is 22.8 Å². The van der Waals surface area contributed by atoms with E-state index in [2.05, 4.69) is 0 Å². The molecule has 4 heteroatoms. The van der Waals surface area contributed by atoms with Crippen molar-refractivity contribution in [3.8, 4) is 0 Å². The van der Waals surface area contributed by atoms with Crippen LogP contribution in [0.5, 0.6) is 0 Å². The summed E-state index contributed by atoms with van der Waals surface area (Å²) in [7, 11) is 0. The van der Waals surface area contributed by atoms with E-state index in [1.54, 1.807) is 6.08 Å². The lowest BCUT2D eigenvalue weighted by Gasteiger charge is -2.34. The molecule has 3 atom stereocenters. The van der Waals surface area contributed by atoms with Gasteiger partial charge in [0.2, 0.25) is 0 Å². The number of unbranched alkanes of at least 4 members (excludes halogenated alkanes) is 1. The second-order valence-corrected chi connectivity index (χ2v) is 6.38. The van der Waals surface area contributed by atoms with Gasteiger partial charge < -0.3 is 9.84 Å². The quantitative estimate of drug-likeness (QED) is 0.586. The first-order valence-corrected chi connectivity index (χ1v) is 7.69. The van der Waals surface area contributed by atoms with Crippen LogP contribution < -0.4 is 0 Å². The summed E-state index contributed by atoms with van der Waals surface area (Å²) in [4.78, 5) is 11.6. The summed E-state index contributed by atoms with van der Waals surface area (Å²) in [5, 5.41) is 10.4. The molecule has 1 saturated carbocycles. The number of hydrogen-bond donors (Lipinski definition) is 1. The van der Waals surface area contributed by atoms with Crippen molar-refractivity contribution < 1.29 is 19.0 Å². The van der Waals surface area contributed by atoms with Gasteiger partial charge in [-0.2, -0.15) is 0 Å². The Morgan fingerprint density at radius 3 is 3.00 bits per heavy atom. The van der Waals surface area contributed by atoms with E-state index in [1.165, 1.54) is 0 Å². The maximum absolute atomic E-state index is 13.7. The number of allylic oxidation sites excluding steroid dienone is 1. The van der Waals surface area contributed by atoms with Crippen LogP contribution in [0.15, 0.2) is 11.8 Å².